The van der Waals surface area contributed by atoms with Crippen LogP contribution in [0, 0.1) is 0 Å². The van der Waals surface area contributed by atoms with Gasteiger partial charge in [0.25, 0.3) is 0 Å². The van der Waals surface area contributed by atoms with Crippen LogP contribution in [0.1, 0.15) is 4.88 Å². The molecule has 0 spiro atoms. The molecule has 5 heteroatoms. The second kappa shape index (κ2) is 9.51. The molecule has 0 saturated carbocycles. The summed E-state index contributed by atoms with van der Waals surface area (Å²) in [6.07, 6.45) is 4.43. The van der Waals surface area contributed by atoms with Gasteiger partial charge in [-0.2, -0.15) is 0 Å². The van der Waals surface area contributed by atoms with E-state index in [2.05, 4.69) is 34.6 Å². The van der Waals surface area contributed by atoms with Crippen molar-refractivity contribution in [1.82, 2.24) is 4.90 Å². The van der Waals surface area contributed by atoms with E-state index in [1.54, 1.807) is 11.3 Å². The Balaban J connectivity index is 0.00000112. The monoisotopic (exact) mass is 247 g/mol. The molecule has 0 atom stereocenters. The number of hydrogen-bond acceptors (Lipinski definition) is 3. The average Bonchev–Trinajstić information content (AvgIpc) is 2.72. The fourth-order valence-electron chi connectivity index (χ4n) is 1.49. The van der Waals surface area contributed by atoms with Crippen molar-refractivity contribution >= 4 is 53.6 Å². The van der Waals surface area contributed by atoms with Crippen molar-refractivity contribution in [3.63, 3.8) is 0 Å². The molecule has 1 fully saturated rings. The van der Waals surface area contributed by atoms with Crippen LogP contribution in [0.15, 0.2) is 23.6 Å². The summed E-state index contributed by atoms with van der Waals surface area (Å²) in [6, 6.07) is 4.22. The normalized spacial score (nSPS) is 16.8. The van der Waals surface area contributed by atoms with Crippen LogP contribution in [0.25, 0.3) is 6.08 Å². The fourth-order valence-corrected chi connectivity index (χ4v) is 2.13. The first kappa shape index (κ1) is 16.5. The summed E-state index contributed by atoms with van der Waals surface area (Å²) >= 11 is 1.78. The quantitative estimate of drug-likeness (QED) is 0.711. The molecule has 0 unspecified atom stereocenters. The van der Waals surface area contributed by atoms with Crippen LogP contribution in [-0.2, 0) is 4.74 Å². The maximum absolute atomic E-state index is 5.29. The summed E-state index contributed by atoms with van der Waals surface area (Å²) in [5.74, 6) is 0. The third-order valence-electron chi connectivity index (χ3n) is 2.29. The number of nitrogens with zero attached hydrogens (tertiary/aromatic N) is 1. The Morgan fingerprint density at radius 3 is 2.75 bits per heavy atom. The van der Waals surface area contributed by atoms with E-state index in [0.29, 0.717) is 0 Å². The van der Waals surface area contributed by atoms with Gasteiger partial charge >= 0.3 is 18.9 Å². The van der Waals surface area contributed by atoms with Gasteiger partial charge in [0.15, 0.2) is 17.4 Å². The van der Waals surface area contributed by atoms with Crippen LogP contribution in [0.5, 0.6) is 0 Å². The van der Waals surface area contributed by atoms with Crippen LogP contribution < -0.4 is 0 Å². The molecule has 0 aliphatic carbocycles. The molecule has 84 valence electrons. The molecule has 0 aromatic carbocycles. The standard InChI is InChI=1S/C11H15NOS.Al.Li.4H/c1(3-11-4-2-10-14-11)5-12-6-8-13-9-7-12;;;;;;/h1-4,10H,5-9H2;;;;;;/b3-1+;;;;;;. The minimum absolute atomic E-state index is 0. The molecular formula is C11H19AlLiNOS. The zero-order valence-corrected chi connectivity index (χ0v) is 9.00. The Kier molecular flexibility index (Phi) is 9.80. The Morgan fingerprint density at radius 1 is 1.38 bits per heavy atom. The first-order valence-electron chi connectivity index (χ1n) is 4.95. The van der Waals surface area contributed by atoms with Crippen molar-refractivity contribution in [2.45, 2.75) is 0 Å². The van der Waals surface area contributed by atoms with Crippen molar-refractivity contribution in [2.75, 3.05) is 32.8 Å². The molecule has 1 aliphatic rings. The molecule has 0 amide bonds. The van der Waals surface area contributed by atoms with Gasteiger partial charge in [-0.25, -0.2) is 0 Å². The average molecular weight is 247 g/mol. The molecule has 0 N–H and O–H groups in total. The van der Waals surface area contributed by atoms with Gasteiger partial charge in [0, 0.05) is 24.5 Å². The molecule has 1 saturated heterocycles. The number of ether oxygens (including phenoxy) is 1. The van der Waals surface area contributed by atoms with Crippen molar-refractivity contribution in [1.29, 1.82) is 0 Å². The SMILES string of the molecule is C(=C\c1cccs1)/CN1CCOCC1.[AlH3].[LiH]. The second-order valence-corrected chi connectivity index (χ2v) is 4.31. The van der Waals surface area contributed by atoms with Gasteiger partial charge < -0.3 is 4.74 Å². The summed E-state index contributed by atoms with van der Waals surface area (Å²) in [4.78, 5) is 3.74. The zero-order chi connectivity index (χ0) is 9.64. The van der Waals surface area contributed by atoms with E-state index in [1.165, 1.54) is 4.88 Å². The van der Waals surface area contributed by atoms with Crippen molar-refractivity contribution in [3.8, 4) is 0 Å². The van der Waals surface area contributed by atoms with Gasteiger partial charge in [0.05, 0.1) is 13.2 Å². The fraction of sp³-hybridized carbons (Fsp3) is 0.455. The minimum atomic E-state index is 0. The molecule has 1 aliphatic heterocycles. The molecule has 0 radical (unpaired) electrons. The Morgan fingerprint density at radius 2 is 2.12 bits per heavy atom. The molecule has 0 bridgehead atoms. The first-order valence-corrected chi connectivity index (χ1v) is 5.83. The Labute approximate surface area is 124 Å². The number of rotatable bonds is 3. The maximum atomic E-state index is 5.29. The van der Waals surface area contributed by atoms with E-state index in [-0.39, 0.29) is 36.2 Å². The molecule has 2 rings (SSSR count). The second-order valence-electron chi connectivity index (χ2n) is 3.33. The van der Waals surface area contributed by atoms with Crippen LogP contribution in [-0.4, -0.2) is 74.0 Å². The number of thiophene rings is 1. The molecule has 2 heterocycles. The summed E-state index contributed by atoms with van der Waals surface area (Å²) in [6.45, 7) is 4.94. The Bertz CT molecular complexity index is 286. The summed E-state index contributed by atoms with van der Waals surface area (Å²) < 4.78 is 5.29. The van der Waals surface area contributed by atoms with Gasteiger partial charge in [-0.3, -0.25) is 4.90 Å². The summed E-state index contributed by atoms with van der Waals surface area (Å²) in [7, 11) is 0. The summed E-state index contributed by atoms with van der Waals surface area (Å²) in [5.41, 5.74) is 0. The van der Waals surface area contributed by atoms with Crippen LogP contribution >= 0.6 is 11.3 Å². The predicted molar refractivity (Wildman–Crippen MR) is 77.7 cm³/mol. The van der Waals surface area contributed by atoms with Crippen molar-refractivity contribution in [3.05, 3.63) is 28.5 Å². The topological polar surface area (TPSA) is 12.5 Å². The first-order chi connectivity index (χ1) is 6.95. The number of morpholine rings is 1. The van der Waals surface area contributed by atoms with E-state index in [1.807, 2.05) is 0 Å². The molecule has 1 aromatic heterocycles. The van der Waals surface area contributed by atoms with Gasteiger partial charge in [-0.1, -0.05) is 12.1 Å². The molecule has 2 nitrogen and oxygen atoms in total. The number of hydrogen-bond donors (Lipinski definition) is 0. The zero-order valence-electron chi connectivity index (χ0n) is 8.19. The van der Waals surface area contributed by atoms with Gasteiger partial charge in [0.1, 0.15) is 0 Å². The molecular weight excluding hydrogens is 228 g/mol. The van der Waals surface area contributed by atoms with E-state index < -0.39 is 0 Å². The predicted octanol–water partition coefficient (Wildman–Crippen LogP) is 0.261. The van der Waals surface area contributed by atoms with Crippen LogP contribution in [0.4, 0.5) is 0 Å². The van der Waals surface area contributed by atoms with E-state index in [9.17, 15) is 0 Å². The summed E-state index contributed by atoms with van der Waals surface area (Å²) in [5, 5.41) is 2.11. The van der Waals surface area contributed by atoms with E-state index >= 15 is 0 Å². The molecule has 1 aromatic rings. The van der Waals surface area contributed by atoms with Gasteiger partial charge in [-0.05, 0) is 17.5 Å². The van der Waals surface area contributed by atoms with Crippen molar-refractivity contribution in [2.24, 2.45) is 0 Å². The van der Waals surface area contributed by atoms with Gasteiger partial charge in [0.2, 0.25) is 0 Å². The van der Waals surface area contributed by atoms with E-state index in [4.69, 9.17) is 4.74 Å². The third kappa shape index (κ3) is 5.71. The van der Waals surface area contributed by atoms with Crippen LogP contribution in [0.2, 0.25) is 0 Å². The third-order valence-corrected chi connectivity index (χ3v) is 3.13. The molecule has 16 heavy (non-hydrogen) atoms. The van der Waals surface area contributed by atoms with Crippen LogP contribution in [0.3, 0.4) is 0 Å². The van der Waals surface area contributed by atoms with Crippen molar-refractivity contribution < 1.29 is 4.74 Å². The Hall–Kier alpha value is 0.490. The van der Waals surface area contributed by atoms with E-state index in [0.717, 1.165) is 32.8 Å². The van der Waals surface area contributed by atoms with Gasteiger partial charge in [-0.15, -0.1) is 11.3 Å².